The number of hydrogen-bond acceptors (Lipinski definition) is 7. The molecule has 0 bridgehead atoms. The van der Waals surface area contributed by atoms with Crippen LogP contribution < -0.4 is 10.6 Å². The quantitative estimate of drug-likeness (QED) is 0.378. The van der Waals surface area contributed by atoms with E-state index in [0.29, 0.717) is 36.9 Å². The maximum Gasteiger partial charge on any atom is 0.246 e. The lowest BCUT2D eigenvalue weighted by atomic mass is 10.2. The van der Waals surface area contributed by atoms with E-state index in [2.05, 4.69) is 53.3 Å². The second-order valence-electron chi connectivity index (χ2n) is 8.97. The van der Waals surface area contributed by atoms with Gasteiger partial charge in [-0.2, -0.15) is 15.1 Å². The van der Waals surface area contributed by atoms with Crippen molar-refractivity contribution in [2.24, 2.45) is 0 Å². The first-order chi connectivity index (χ1) is 17.0. The second-order valence-corrected chi connectivity index (χ2v) is 8.97. The van der Waals surface area contributed by atoms with Gasteiger partial charge >= 0.3 is 0 Å². The molecule has 1 aromatic carbocycles. The van der Waals surface area contributed by atoms with Gasteiger partial charge in [0.25, 0.3) is 0 Å². The summed E-state index contributed by atoms with van der Waals surface area (Å²) in [5.74, 6) is 1.04. The van der Waals surface area contributed by atoms with Crippen LogP contribution in [0.15, 0.2) is 61.7 Å². The first kappa shape index (κ1) is 22.6. The SMILES string of the molecule is C=CC(=O)N1CC[C@@H](Nc2nc(Nc3cnn(Cc4ccccc4)c3)c3ncn(C(C)C)c3n2)C1. The molecule has 4 aromatic rings. The van der Waals surface area contributed by atoms with E-state index >= 15 is 0 Å². The lowest BCUT2D eigenvalue weighted by Gasteiger charge is -2.16. The molecule has 0 radical (unpaired) electrons. The summed E-state index contributed by atoms with van der Waals surface area (Å²) >= 11 is 0. The Morgan fingerprint density at radius 1 is 1.26 bits per heavy atom. The van der Waals surface area contributed by atoms with Crippen molar-refractivity contribution in [1.82, 2.24) is 34.2 Å². The molecule has 0 unspecified atom stereocenters. The Morgan fingerprint density at radius 2 is 2.09 bits per heavy atom. The highest BCUT2D eigenvalue weighted by molar-refractivity contribution is 5.87. The van der Waals surface area contributed by atoms with Crippen LogP contribution in [0.4, 0.5) is 17.5 Å². The number of carbonyl (C=O) groups is 1. The molecular formula is C25H29N9O. The van der Waals surface area contributed by atoms with Crippen LogP contribution in [-0.4, -0.2) is 59.2 Å². The topological polar surface area (TPSA) is 106 Å². The fraction of sp³-hybridized carbons (Fsp3) is 0.320. The normalized spacial score (nSPS) is 15.6. The smallest absolute Gasteiger partial charge is 0.246 e. The van der Waals surface area contributed by atoms with Gasteiger partial charge in [-0.15, -0.1) is 0 Å². The molecule has 0 spiro atoms. The third-order valence-electron chi connectivity index (χ3n) is 6.07. The number of imidazole rings is 1. The molecule has 1 aliphatic heterocycles. The minimum Gasteiger partial charge on any atom is -0.350 e. The summed E-state index contributed by atoms with van der Waals surface area (Å²) in [5.41, 5.74) is 3.42. The van der Waals surface area contributed by atoms with Crippen LogP contribution in [0.3, 0.4) is 0 Å². The van der Waals surface area contributed by atoms with Gasteiger partial charge in [0.15, 0.2) is 17.0 Å². The zero-order chi connectivity index (χ0) is 24.4. The molecule has 10 heteroatoms. The highest BCUT2D eigenvalue weighted by atomic mass is 16.2. The molecular weight excluding hydrogens is 442 g/mol. The fourth-order valence-corrected chi connectivity index (χ4v) is 4.26. The van der Waals surface area contributed by atoms with Crippen LogP contribution >= 0.6 is 0 Å². The molecule has 3 aromatic heterocycles. The predicted molar refractivity (Wildman–Crippen MR) is 136 cm³/mol. The van der Waals surface area contributed by atoms with Gasteiger partial charge in [-0.3, -0.25) is 9.48 Å². The zero-order valence-electron chi connectivity index (χ0n) is 19.9. The van der Waals surface area contributed by atoms with Crippen molar-refractivity contribution in [3.63, 3.8) is 0 Å². The highest BCUT2D eigenvalue weighted by Gasteiger charge is 2.26. The Bertz CT molecular complexity index is 1340. The first-order valence-electron chi connectivity index (χ1n) is 11.8. The first-order valence-corrected chi connectivity index (χ1v) is 11.8. The van der Waals surface area contributed by atoms with E-state index in [1.807, 2.05) is 33.6 Å². The van der Waals surface area contributed by atoms with Crippen molar-refractivity contribution in [2.75, 3.05) is 23.7 Å². The molecule has 35 heavy (non-hydrogen) atoms. The number of carbonyl (C=O) groups excluding carboxylic acids is 1. The summed E-state index contributed by atoms with van der Waals surface area (Å²) < 4.78 is 3.90. The van der Waals surface area contributed by atoms with Crippen LogP contribution in [0.5, 0.6) is 0 Å². The Kier molecular flexibility index (Phi) is 6.17. The number of benzene rings is 1. The summed E-state index contributed by atoms with van der Waals surface area (Å²) in [6, 6.07) is 10.4. The van der Waals surface area contributed by atoms with Gasteiger partial charge < -0.3 is 20.1 Å². The Balaban J connectivity index is 1.40. The van der Waals surface area contributed by atoms with E-state index in [9.17, 15) is 4.79 Å². The van der Waals surface area contributed by atoms with E-state index in [1.54, 1.807) is 17.4 Å². The van der Waals surface area contributed by atoms with Gasteiger partial charge in [-0.1, -0.05) is 36.9 Å². The lowest BCUT2D eigenvalue weighted by molar-refractivity contribution is -0.125. The zero-order valence-corrected chi connectivity index (χ0v) is 19.9. The lowest BCUT2D eigenvalue weighted by Crippen LogP contribution is -2.30. The molecule has 1 atom stereocenters. The number of anilines is 3. The summed E-state index contributed by atoms with van der Waals surface area (Å²) in [4.78, 5) is 27.8. The fourth-order valence-electron chi connectivity index (χ4n) is 4.26. The Labute approximate surface area is 203 Å². The summed E-state index contributed by atoms with van der Waals surface area (Å²) in [7, 11) is 0. The van der Waals surface area contributed by atoms with Crippen molar-refractivity contribution in [3.05, 3.63) is 67.3 Å². The third-order valence-corrected chi connectivity index (χ3v) is 6.07. The van der Waals surface area contributed by atoms with Gasteiger partial charge in [-0.25, -0.2) is 4.98 Å². The van der Waals surface area contributed by atoms with Gasteiger partial charge in [0.05, 0.1) is 24.8 Å². The number of nitrogens with one attached hydrogen (secondary N) is 2. The van der Waals surface area contributed by atoms with E-state index in [0.717, 1.165) is 17.8 Å². The van der Waals surface area contributed by atoms with Gasteiger partial charge in [0.2, 0.25) is 11.9 Å². The molecule has 180 valence electrons. The molecule has 0 aliphatic carbocycles. The number of nitrogens with zero attached hydrogens (tertiary/aromatic N) is 7. The molecule has 1 saturated heterocycles. The van der Waals surface area contributed by atoms with Crippen LogP contribution in [0.2, 0.25) is 0 Å². The van der Waals surface area contributed by atoms with Crippen LogP contribution in [0.1, 0.15) is 31.9 Å². The van der Waals surface area contributed by atoms with E-state index in [-0.39, 0.29) is 18.0 Å². The molecule has 1 aliphatic rings. The Morgan fingerprint density at radius 3 is 2.86 bits per heavy atom. The van der Waals surface area contributed by atoms with Gasteiger partial charge in [0, 0.05) is 31.4 Å². The molecule has 1 amide bonds. The van der Waals surface area contributed by atoms with E-state index < -0.39 is 0 Å². The van der Waals surface area contributed by atoms with Crippen molar-refractivity contribution in [1.29, 1.82) is 0 Å². The predicted octanol–water partition coefficient (Wildman–Crippen LogP) is 3.59. The molecule has 10 nitrogen and oxygen atoms in total. The second kappa shape index (κ2) is 9.57. The Hall–Kier alpha value is -4.21. The highest BCUT2D eigenvalue weighted by Crippen LogP contribution is 2.27. The number of rotatable bonds is 8. The average molecular weight is 472 g/mol. The number of hydrogen-bond donors (Lipinski definition) is 2. The summed E-state index contributed by atoms with van der Waals surface area (Å²) in [5, 5.41) is 11.3. The van der Waals surface area contributed by atoms with E-state index in [1.165, 1.54) is 11.6 Å². The van der Waals surface area contributed by atoms with Crippen molar-refractivity contribution in [2.45, 2.75) is 38.9 Å². The maximum atomic E-state index is 12.0. The molecule has 1 fully saturated rings. The van der Waals surface area contributed by atoms with Crippen LogP contribution in [-0.2, 0) is 11.3 Å². The third kappa shape index (κ3) is 4.86. The molecule has 5 rings (SSSR count). The van der Waals surface area contributed by atoms with E-state index in [4.69, 9.17) is 9.97 Å². The number of likely N-dealkylation sites (tertiary alicyclic amines) is 1. The van der Waals surface area contributed by atoms with Crippen molar-refractivity contribution in [3.8, 4) is 0 Å². The summed E-state index contributed by atoms with van der Waals surface area (Å²) in [6.45, 7) is 9.71. The summed E-state index contributed by atoms with van der Waals surface area (Å²) in [6.07, 6.45) is 7.69. The minimum atomic E-state index is -0.0570. The maximum absolute atomic E-state index is 12.0. The average Bonchev–Trinajstić information content (AvgIpc) is 3.59. The van der Waals surface area contributed by atoms with Crippen LogP contribution in [0.25, 0.3) is 11.2 Å². The van der Waals surface area contributed by atoms with Crippen LogP contribution in [0, 0.1) is 0 Å². The van der Waals surface area contributed by atoms with Gasteiger partial charge in [-0.05, 0) is 31.9 Å². The molecule has 4 heterocycles. The number of fused-ring (bicyclic) bond motifs is 1. The number of amides is 1. The largest absolute Gasteiger partial charge is 0.350 e. The number of aromatic nitrogens is 6. The monoisotopic (exact) mass is 471 g/mol. The molecule has 0 saturated carbocycles. The van der Waals surface area contributed by atoms with Crippen molar-refractivity contribution < 1.29 is 4.79 Å². The standard InChI is InChI=1S/C25H29N9O/c1-4-21(35)32-11-10-19(14-32)29-25-30-23(22-24(31-25)34(16-26-22)17(2)3)28-20-12-27-33(15-20)13-18-8-6-5-7-9-18/h4-9,12,15-17,19H,1,10-11,13-14H2,2-3H3,(H2,28,29,30,31)/t19-/m1/s1. The minimum absolute atomic E-state index is 0.0570. The van der Waals surface area contributed by atoms with Gasteiger partial charge in [0.1, 0.15) is 0 Å². The van der Waals surface area contributed by atoms with Crippen molar-refractivity contribution >= 4 is 34.5 Å². The molecule has 2 N–H and O–H groups in total.